The normalized spacial score (nSPS) is 16.8. The Labute approximate surface area is 130 Å². The van der Waals surface area contributed by atoms with Gasteiger partial charge in [-0.15, -0.1) is 11.3 Å². The van der Waals surface area contributed by atoms with Gasteiger partial charge in [0.1, 0.15) is 0 Å². The monoisotopic (exact) mass is 306 g/mol. The lowest BCUT2D eigenvalue weighted by Gasteiger charge is -2.23. The van der Waals surface area contributed by atoms with Crippen molar-refractivity contribution in [1.29, 1.82) is 0 Å². The van der Waals surface area contributed by atoms with E-state index in [1.54, 1.807) is 22.3 Å². The maximum absolute atomic E-state index is 12.2. The van der Waals surface area contributed by atoms with Gasteiger partial charge in [0.15, 0.2) is 0 Å². The highest BCUT2D eigenvalue weighted by Gasteiger charge is 2.23. The Morgan fingerprint density at radius 2 is 2.19 bits per heavy atom. The number of hydrogen-bond acceptors (Lipinski definition) is 3. The van der Waals surface area contributed by atoms with E-state index in [1.165, 1.54) is 0 Å². The minimum Gasteiger partial charge on any atom is -0.341 e. The first kappa shape index (κ1) is 15.8. The molecule has 114 valence electrons. The van der Waals surface area contributed by atoms with Crippen molar-refractivity contribution in [3.63, 3.8) is 0 Å². The summed E-state index contributed by atoms with van der Waals surface area (Å²) in [5.74, 6) is 0.596. The van der Waals surface area contributed by atoms with Crippen molar-refractivity contribution in [3.8, 4) is 0 Å². The Morgan fingerprint density at radius 1 is 1.38 bits per heavy atom. The van der Waals surface area contributed by atoms with Crippen molar-refractivity contribution in [2.75, 3.05) is 26.2 Å². The molecule has 0 N–H and O–H groups in total. The third-order valence-electron chi connectivity index (χ3n) is 3.42. The maximum Gasteiger partial charge on any atom is 0.246 e. The second-order valence-electron chi connectivity index (χ2n) is 5.66. The van der Waals surface area contributed by atoms with E-state index in [4.69, 9.17) is 0 Å². The van der Waals surface area contributed by atoms with Crippen LogP contribution in [0.25, 0.3) is 6.08 Å². The molecule has 2 amide bonds. The zero-order valence-electron chi connectivity index (χ0n) is 12.6. The van der Waals surface area contributed by atoms with E-state index in [0.717, 1.165) is 11.4 Å². The summed E-state index contributed by atoms with van der Waals surface area (Å²) in [5.41, 5.74) is 0. The minimum atomic E-state index is -0.0115. The lowest BCUT2D eigenvalue weighted by atomic mass is 10.2. The number of amides is 2. The summed E-state index contributed by atoms with van der Waals surface area (Å²) in [6.07, 6.45) is 3.87. The Hall–Kier alpha value is -1.62. The molecule has 0 atom stereocenters. The summed E-state index contributed by atoms with van der Waals surface area (Å²) >= 11 is 1.60. The van der Waals surface area contributed by atoms with E-state index < -0.39 is 0 Å². The van der Waals surface area contributed by atoms with Gasteiger partial charge in [0.05, 0.1) is 0 Å². The van der Waals surface area contributed by atoms with Crippen molar-refractivity contribution in [1.82, 2.24) is 9.80 Å². The number of carbonyl (C=O) groups excluding carboxylic acids is 2. The molecule has 4 nitrogen and oxygen atoms in total. The van der Waals surface area contributed by atoms with Crippen LogP contribution in [0.4, 0.5) is 0 Å². The SMILES string of the molecule is CC(C)CN1CCN(C(=O)/C=C/c2cccs2)CCC1=O. The fourth-order valence-corrected chi connectivity index (χ4v) is 2.98. The molecule has 1 aliphatic rings. The van der Waals surface area contributed by atoms with Crippen LogP contribution in [0.3, 0.4) is 0 Å². The van der Waals surface area contributed by atoms with Crippen LogP contribution >= 0.6 is 11.3 Å². The summed E-state index contributed by atoms with van der Waals surface area (Å²) in [4.78, 5) is 28.9. The molecule has 2 rings (SSSR count). The van der Waals surface area contributed by atoms with E-state index in [0.29, 0.717) is 32.0 Å². The lowest BCUT2D eigenvalue weighted by molar-refractivity contribution is -0.130. The van der Waals surface area contributed by atoms with Crippen molar-refractivity contribution < 1.29 is 9.59 Å². The second kappa shape index (κ2) is 7.41. The third kappa shape index (κ3) is 4.70. The molecule has 21 heavy (non-hydrogen) atoms. The molecular formula is C16H22N2O2S. The molecule has 1 saturated heterocycles. The summed E-state index contributed by atoms with van der Waals surface area (Å²) in [6.45, 7) is 6.74. The molecule has 0 saturated carbocycles. The van der Waals surface area contributed by atoms with Gasteiger partial charge in [0.2, 0.25) is 11.8 Å². The summed E-state index contributed by atoms with van der Waals surface area (Å²) in [6, 6.07) is 3.94. The van der Waals surface area contributed by atoms with Crippen molar-refractivity contribution in [3.05, 3.63) is 28.5 Å². The highest BCUT2D eigenvalue weighted by molar-refractivity contribution is 7.10. The van der Waals surface area contributed by atoms with Crippen LogP contribution in [0, 0.1) is 5.92 Å². The molecule has 0 radical (unpaired) electrons. The first-order valence-electron chi connectivity index (χ1n) is 7.34. The number of carbonyl (C=O) groups is 2. The molecule has 0 aromatic carbocycles. The first-order valence-corrected chi connectivity index (χ1v) is 8.22. The van der Waals surface area contributed by atoms with Crippen LogP contribution in [0.2, 0.25) is 0 Å². The molecule has 1 aliphatic heterocycles. The average molecular weight is 306 g/mol. The molecule has 1 aromatic rings. The standard InChI is InChI=1S/C16H22N2O2S/c1-13(2)12-18-10-9-17(8-7-16(18)20)15(19)6-5-14-4-3-11-21-14/h3-6,11,13H,7-10,12H2,1-2H3/b6-5+. The van der Waals surface area contributed by atoms with Gasteiger partial charge >= 0.3 is 0 Å². The number of hydrogen-bond donors (Lipinski definition) is 0. The molecule has 0 spiro atoms. The highest BCUT2D eigenvalue weighted by Crippen LogP contribution is 2.12. The Kier molecular flexibility index (Phi) is 5.56. The van der Waals surface area contributed by atoms with Gasteiger partial charge in [-0.05, 0) is 23.4 Å². The molecule has 0 bridgehead atoms. The topological polar surface area (TPSA) is 40.6 Å². The molecule has 5 heteroatoms. The minimum absolute atomic E-state index is 0.0115. The fourth-order valence-electron chi connectivity index (χ4n) is 2.37. The van der Waals surface area contributed by atoms with E-state index >= 15 is 0 Å². The fraction of sp³-hybridized carbons (Fsp3) is 0.500. The molecule has 1 aromatic heterocycles. The Morgan fingerprint density at radius 3 is 2.86 bits per heavy atom. The van der Waals surface area contributed by atoms with E-state index in [9.17, 15) is 9.59 Å². The molecule has 0 aliphatic carbocycles. The van der Waals surface area contributed by atoms with Gasteiger partial charge in [-0.2, -0.15) is 0 Å². The average Bonchev–Trinajstić information content (AvgIpc) is 2.89. The van der Waals surface area contributed by atoms with Gasteiger partial charge in [0, 0.05) is 43.6 Å². The maximum atomic E-state index is 12.2. The first-order chi connectivity index (χ1) is 10.1. The van der Waals surface area contributed by atoms with E-state index in [1.807, 2.05) is 28.5 Å². The lowest BCUT2D eigenvalue weighted by Crippen LogP contribution is -2.36. The quantitative estimate of drug-likeness (QED) is 0.802. The van der Waals surface area contributed by atoms with Gasteiger partial charge in [-0.3, -0.25) is 9.59 Å². The predicted molar refractivity (Wildman–Crippen MR) is 86.0 cm³/mol. The highest BCUT2D eigenvalue weighted by atomic mass is 32.1. The van der Waals surface area contributed by atoms with Crippen molar-refractivity contribution in [2.24, 2.45) is 5.92 Å². The molecule has 2 heterocycles. The zero-order chi connectivity index (χ0) is 15.2. The van der Waals surface area contributed by atoms with Crippen molar-refractivity contribution in [2.45, 2.75) is 20.3 Å². The molecule has 0 unspecified atom stereocenters. The van der Waals surface area contributed by atoms with Gasteiger partial charge in [0.25, 0.3) is 0 Å². The van der Waals surface area contributed by atoms with E-state index in [2.05, 4.69) is 13.8 Å². The van der Waals surface area contributed by atoms with Crippen LogP contribution in [0.5, 0.6) is 0 Å². The second-order valence-corrected chi connectivity index (χ2v) is 6.64. The summed E-state index contributed by atoms with van der Waals surface area (Å²) < 4.78 is 0. The van der Waals surface area contributed by atoms with Crippen LogP contribution < -0.4 is 0 Å². The van der Waals surface area contributed by atoms with E-state index in [-0.39, 0.29) is 11.8 Å². The molecule has 1 fully saturated rings. The number of thiophene rings is 1. The van der Waals surface area contributed by atoms with Gasteiger partial charge in [-0.1, -0.05) is 19.9 Å². The van der Waals surface area contributed by atoms with Crippen LogP contribution in [0.1, 0.15) is 25.1 Å². The summed E-state index contributed by atoms with van der Waals surface area (Å²) in [7, 11) is 0. The summed E-state index contributed by atoms with van der Waals surface area (Å²) in [5, 5.41) is 1.98. The van der Waals surface area contributed by atoms with Gasteiger partial charge < -0.3 is 9.80 Å². The van der Waals surface area contributed by atoms with Crippen LogP contribution in [-0.2, 0) is 9.59 Å². The number of nitrogens with zero attached hydrogens (tertiary/aromatic N) is 2. The number of rotatable bonds is 4. The Bertz CT molecular complexity index is 508. The van der Waals surface area contributed by atoms with Gasteiger partial charge in [-0.25, -0.2) is 0 Å². The predicted octanol–water partition coefficient (Wildman–Crippen LogP) is 2.48. The van der Waals surface area contributed by atoms with Crippen LogP contribution in [-0.4, -0.2) is 47.8 Å². The largest absolute Gasteiger partial charge is 0.341 e. The smallest absolute Gasteiger partial charge is 0.246 e. The molecular weight excluding hydrogens is 284 g/mol. The Balaban J connectivity index is 1.92. The van der Waals surface area contributed by atoms with Crippen LogP contribution in [0.15, 0.2) is 23.6 Å². The third-order valence-corrected chi connectivity index (χ3v) is 4.26. The van der Waals surface area contributed by atoms with Crippen molar-refractivity contribution >= 4 is 29.2 Å². The zero-order valence-corrected chi connectivity index (χ0v) is 13.4.